The van der Waals surface area contributed by atoms with Gasteiger partial charge in [0.05, 0.1) is 12.6 Å². The number of aromatic nitrogens is 1. The molecule has 0 saturated carbocycles. The summed E-state index contributed by atoms with van der Waals surface area (Å²) in [6, 6.07) is 12.3. The number of hydrogen-bond donors (Lipinski definition) is 4. The van der Waals surface area contributed by atoms with Gasteiger partial charge in [0.2, 0.25) is 0 Å². The topological polar surface area (TPSA) is 69.2 Å². The Labute approximate surface area is 130 Å². The Morgan fingerprint density at radius 1 is 1.18 bits per heavy atom. The molecule has 1 aromatic heterocycles. The van der Waals surface area contributed by atoms with Gasteiger partial charge in [0.1, 0.15) is 0 Å². The molecular formula is C17H22N4O. The number of nitrogens with zero attached hydrogens (tertiary/aromatic N) is 1. The van der Waals surface area contributed by atoms with Gasteiger partial charge in [-0.15, -0.1) is 0 Å². The minimum absolute atomic E-state index is 0.0860. The van der Waals surface area contributed by atoms with Gasteiger partial charge in [-0.25, -0.2) is 5.43 Å². The highest BCUT2D eigenvalue weighted by Gasteiger charge is 2.27. The second kappa shape index (κ2) is 7.47. The van der Waals surface area contributed by atoms with Gasteiger partial charge in [-0.1, -0.05) is 30.3 Å². The van der Waals surface area contributed by atoms with Crippen molar-refractivity contribution in [1.29, 1.82) is 0 Å². The maximum absolute atomic E-state index is 9.37. The highest BCUT2D eigenvalue weighted by molar-refractivity contribution is 5.26. The third-order valence-electron chi connectivity index (χ3n) is 4.15. The molecule has 0 radical (unpaired) electrons. The van der Waals surface area contributed by atoms with E-state index in [1.54, 1.807) is 6.20 Å². The molecule has 0 spiro atoms. The van der Waals surface area contributed by atoms with Crippen molar-refractivity contribution in [2.75, 3.05) is 13.1 Å². The Hall–Kier alpha value is -1.79. The lowest BCUT2D eigenvalue weighted by Crippen LogP contribution is -2.28. The van der Waals surface area contributed by atoms with Gasteiger partial charge in [-0.2, -0.15) is 0 Å². The van der Waals surface area contributed by atoms with Crippen LogP contribution < -0.4 is 16.2 Å². The molecule has 22 heavy (non-hydrogen) atoms. The van der Waals surface area contributed by atoms with Crippen LogP contribution in [0.3, 0.4) is 0 Å². The molecule has 2 heterocycles. The van der Waals surface area contributed by atoms with Gasteiger partial charge in [-0.3, -0.25) is 10.4 Å². The van der Waals surface area contributed by atoms with E-state index >= 15 is 0 Å². The number of nitrogens with one attached hydrogen (secondary N) is 3. The number of pyridine rings is 1. The van der Waals surface area contributed by atoms with Crippen molar-refractivity contribution in [3.8, 4) is 0 Å². The smallest absolute Gasteiger partial charge is 0.0685 e. The van der Waals surface area contributed by atoms with Gasteiger partial charge < -0.3 is 10.4 Å². The van der Waals surface area contributed by atoms with E-state index in [-0.39, 0.29) is 12.6 Å². The maximum atomic E-state index is 9.37. The number of hydrogen-bond acceptors (Lipinski definition) is 5. The van der Waals surface area contributed by atoms with Crippen LogP contribution in [-0.4, -0.2) is 23.2 Å². The van der Waals surface area contributed by atoms with Crippen LogP contribution in [0.4, 0.5) is 0 Å². The van der Waals surface area contributed by atoms with Crippen molar-refractivity contribution in [3.63, 3.8) is 0 Å². The minimum atomic E-state index is 0.0860. The molecule has 4 N–H and O–H groups in total. The summed E-state index contributed by atoms with van der Waals surface area (Å²) in [4.78, 5) is 4.20. The zero-order valence-electron chi connectivity index (χ0n) is 12.5. The van der Waals surface area contributed by atoms with E-state index in [9.17, 15) is 5.11 Å². The van der Waals surface area contributed by atoms with Gasteiger partial charge in [0, 0.05) is 37.9 Å². The van der Waals surface area contributed by atoms with Crippen molar-refractivity contribution >= 4 is 0 Å². The fourth-order valence-electron chi connectivity index (χ4n) is 2.92. The van der Waals surface area contributed by atoms with E-state index in [2.05, 4.69) is 33.3 Å². The third-order valence-corrected chi connectivity index (χ3v) is 4.15. The summed E-state index contributed by atoms with van der Waals surface area (Å²) in [6.07, 6.45) is 3.71. The molecule has 1 aliphatic rings. The predicted octanol–water partition coefficient (Wildman–Crippen LogP) is 1.13. The molecule has 3 rings (SSSR count). The first-order valence-corrected chi connectivity index (χ1v) is 7.65. The average molecular weight is 298 g/mol. The monoisotopic (exact) mass is 298 g/mol. The Morgan fingerprint density at radius 3 is 2.82 bits per heavy atom. The van der Waals surface area contributed by atoms with Gasteiger partial charge in [0.15, 0.2) is 0 Å². The number of benzene rings is 1. The van der Waals surface area contributed by atoms with Crippen LogP contribution in [0.15, 0.2) is 48.8 Å². The van der Waals surface area contributed by atoms with Crippen molar-refractivity contribution < 1.29 is 5.11 Å². The van der Waals surface area contributed by atoms with E-state index in [4.69, 9.17) is 0 Å². The van der Waals surface area contributed by atoms with Crippen LogP contribution in [0.5, 0.6) is 0 Å². The Bertz CT molecular complexity index is 590. The van der Waals surface area contributed by atoms with Crippen molar-refractivity contribution in [3.05, 3.63) is 65.5 Å². The lowest BCUT2D eigenvalue weighted by atomic mass is 9.96. The molecule has 1 fully saturated rings. The maximum Gasteiger partial charge on any atom is 0.0685 e. The molecule has 1 aromatic carbocycles. The number of rotatable bonds is 6. The van der Waals surface area contributed by atoms with Crippen LogP contribution in [0.25, 0.3) is 0 Å². The molecule has 0 aliphatic carbocycles. The van der Waals surface area contributed by atoms with E-state index in [0.717, 1.165) is 30.8 Å². The van der Waals surface area contributed by atoms with Gasteiger partial charge >= 0.3 is 0 Å². The molecule has 116 valence electrons. The zero-order valence-corrected chi connectivity index (χ0v) is 12.5. The number of hydrazine groups is 1. The normalized spacial score (nSPS) is 21.1. The van der Waals surface area contributed by atoms with E-state index in [0.29, 0.717) is 5.92 Å². The molecule has 1 aliphatic heterocycles. The van der Waals surface area contributed by atoms with Crippen molar-refractivity contribution in [1.82, 2.24) is 21.2 Å². The highest BCUT2D eigenvalue weighted by atomic mass is 16.3. The average Bonchev–Trinajstić information content (AvgIpc) is 3.04. The summed E-state index contributed by atoms with van der Waals surface area (Å²) in [6.45, 7) is 2.68. The summed E-state index contributed by atoms with van der Waals surface area (Å²) in [5.41, 5.74) is 9.90. The molecule has 0 amide bonds. The zero-order chi connectivity index (χ0) is 15.2. The fourth-order valence-corrected chi connectivity index (χ4v) is 2.92. The van der Waals surface area contributed by atoms with Crippen molar-refractivity contribution in [2.24, 2.45) is 5.92 Å². The van der Waals surface area contributed by atoms with E-state index < -0.39 is 0 Å². The summed E-state index contributed by atoms with van der Waals surface area (Å²) in [7, 11) is 0. The minimum Gasteiger partial charge on any atom is -0.392 e. The first-order valence-electron chi connectivity index (χ1n) is 7.65. The number of aliphatic hydroxyl groups excluding tert-OH is 1. The first kappa shape index (κ1) is 15.1. The Morgan fingerprint density at radius 2 is 2.05 bits per heavy atom. The molecule has 5 nitrogen and oxygen atoms in total. The predicted molar refractivity (Wildman–Crippen MR) is 85.7 cm³/mol. The largest absolute Gasteiger partial charge is 0.392 e. The Balaban J connectivity index is 1.57. The lowest BCUT2D eigenvalue weighted by molar-refractivity contribution is 0.280. The lowest BCUT2D eigenvalue weighted by Gasteiger charge is -2.19. The standard InChI is InChI=1S/C17H22N4O/c22-12-15-5-2-1-4-13(15)8-19-10-16-11-20-21-17(16)14-6-3-7-18-9-14/h1-7,9,16-17,19-22H,8,10-12H2. The third kappa shape index (κ3) is 3.51. The molecule has 2 aromatic rings. The van der Waals surface area contributed by atoms with Gasteiger partial charge in [-0.05, 0) is 22.8 Å². The Kier molecular flexibility index (Phi) is 5.13. The molecule has 5 heteroatoms. The van der Waals surface area contributed by atoms with Crippen LogP contribution in [0.2, 0.25) is 0 Å². The summed E-state index contributed by atoms with van der Waals surface area (Å²) >= 11 is 0. The van der Waals surface area contributed by atoms with Crippen LogP contribution in [-0.2, 0) is 13.2 Å². The van der Waals surface area contributed by atoms with E-state index in [1.807, 2.05) is 30.5 Å². The molecule has 1 saturated heterocycles. The summed E-state index contributed by atoms with van der Waals surface area (Å²) < 4.78 is 0. The summed E-state index contributed by atoms with van der Waals surface area (Å²) in [5.74, 6) is 0.463. The summed E-state index contributed by atoms with van der Waals surface area (Å²) in [5, 5.41) is 12.9. The fraction of sp³-hybridized carbons (Fsp3) is 0.353. The quantitative estimate of drug-likeness (QED) is 0.644. The molecule has 2 unspecified atom stereocenters. The molecule has 2 atom stereocenters. The SMILES string of the molecule is OCc1ccccc1CNCC1CNNC1c1cccnc1. The highest BCUT2D eigenvalue weighted by Crippen LogP contribution is 2.23. The van der Waals surface area contributed by atoms with Crippen LogP contribution >= 0.6 is 0 Å². The second-order valence-electron chi connectivity index (χ2n) is 5.61. The van der Waals surface area contributed by atoms with Gasteiger partial charge in [0.25, 0.3) is 0 Å². The second-order valence-corrected chi connectivity index (χ2v) is 5.61. The number of aliphatic hydroxyl groups is 1. The molecular weight excluding hydrogens is 276 g/mol. The first-order chi connectivity index (χ1) is 10.9. The van der Waals surface area contributed by atoms with Crippen LogP contribution in [0.1, 0.15) is 22.7 Å². The van der Waals surface area contributed by atoms with Crippen molar-refractivity contribution in [2.45, 2.75) is 19.2 Å². The molecule has 0 bridgehead atoms. The van der Waals surface area contributed by atoms with Crippen LogP contribution in [0, 0.1) is 5.92 Å². The van der Waals surface area contributed by atoms with E-state index in [1.165, 1.54) is 5.56 Å².